The normalized spacial score (nSPS) is 15.8. The Hall–Kier alpha value is -1.73. The van der Waals surface area contributed by atoms with Gasteiger partial charge in [0.1, 0.15) is 12.1 Å². The van der Waals surface area contributed by atoms with Crippen molar-refractivity contribution in [2.24, 2.45) is 0 Å². The highest BCUT2D eigenvalue weighted by Crippen LogP contribution is 2.28. The molecule has 2 aromatic heterocycles. The minimum Gasteiger partial charge on any atom is -0.354 e. The molecule has 1 fully saturated rings. The number of benzene rings is 1. The maximum absolute atomic E-state index is 4.63. The zero-order valence-electron chi connectivity index (χ0n) is 13.4. The number of aromatic nitrogens is 3. The summed E-state index contributed by atoms with van der Waals surface area (Å²) in [5, 5.41) is 4.35. The molecule has 0 spiro atoms. The van der Waals surface area contributed by atoms with E-state index < -0.39 is 0 Å². The van der Waals surface area contributed by atoms with Gasteiger partial charge in [-0.3, -0.25) is 0 Å². The van der Waals surface area contributed by atoms with E-state index in [1.54, 1.807) is 17.7 Å². The number of hydrogen-bond donors (Lipinski definition) is 0. The van der Waals surface area contributed by atoms with Crippen molar-refractivity contribution in [1.82, 2.24) is 15.0 Å². The van der Waals surface area contributed by atoms with E-state index in [0.717, 1.165) is 64.6 Å². The predicted octanol–water partition coefficient (Wildman–Crippen LogP) is 3.87. The first-order valence-electron chi connectivity index (χ1n) is 8.03. The molecule has 3 heterocycles. The highest BCUT2D eigenvalue weighted by atomic mass is 79.9. The SMILES string of the molecule is Cc1csc(N2CCCN(c3ncnc4ccc(Br)cc34)CC2)n1. The number of hydrogen-bond acceptors (Lipinski definition) is 6. The lowest BCUT2D eigenvalue weighted by Crippen LogP contribution is -2.31. The molecule has 0 saturated carbocycles. The quantitative estimate of drug-likeness (QED) is 0.649. The molecule has 0 unspecified atom stereocenters. The molecule has 5 nitrogen and oxygen atoms in total. The van der Waals surface area contributed by atoms with Gasteiger partial charge in [-0.25, -0.2) is 15.0 Å². The molecule has 124 valence electrons. The number of anilines is 2. The van der Waals surface area contributed by atoms with E-state index in [0.29, 0.717) is 0 Å². The molecular formula is C17H18BrN5S. The van der Waals surface area contributed by atoms with Gasteiger partial charge in [0.05, 0.1) is 11.2 Å². The fourth-order valence-electron chi connectivity index (χ4n) is 3.07. The van der Waals surface area contributed by atoms with Crippen LogP contribution in [0.25, 0.3) is 10.9 Å². The number of thiazole rings is 1. The number of aryl methyl sites for hydroxylation is 1. The van der Waals surface area contributed by atoms with Crippen LogP contribution in [0.1, 0.15) is 12.1 Å². The van der Waals surface area contributed by atoms with Crippen molar-refractivity contribution in [2.75, 3.05) is 36.0 Å². The number of fused-ring (bicyclic) bond motifs is 1. The molecule has 4 rings (SSSR count). The Balaban J connectivity index is 1.60. The Labute approximate surface area is 153 Å². The van der Waals surface area contributed by atoms with Gasteiger partial charge in [0.2, 0.25) is 0 Å². The molecule has 1 aliphatic rings. The molecular weight excluding hydrogens is 386 g/mol. The first kappa shape index (κ1) is 15.8. The highest BCUT2D eigenvalue weighted by Gasteiger charge is 2.19. The van der Waals surface area contributed by atoms with Crippen LogP contribution in [-0.2, 0) is 0 Å². The van der Waals surface area contributed by atoms with Crippen molar-refractivity contribution in [1.29, 1.82) is 0 Å². The lowest BCUT2D eigenvalue weighted by molar-refractivity contribution is 0.798. The van der Waals surface area contributed by atoms with Crippen molar-refractivity contribution < 1.29 is 0 Å². The van der Waals surface area contributed by atoms with Crippen molar-refractivity contribution in [3.63, 3.8) is 0 Å². The summed E-state index contributed by atoms with van der Waals surface area (Å²) in [6, 6.07) is 6.17. The Morgan fingerprint density at radius 2 is 1.92 bits per heavy atom. The molecule has 1 aromatic carbocycles. The van der Waals surface area contributed by atoms with Crippen LogP contribution in [-0.4, -0.2) is 41.1 Å². The largest absolute Gasteiger partial charge is 0.354 e. The highest BCUT2D eigenvalue weighted by molar-refractivity contribution is 9.10. The summed E-state index contributed by atoms with van der Waals surface area (Å²) in [5.41, 5.74) is 2.09. The minimum absolute atomic E-state index is 0.942. The van der Waals surface area contributed by atoms with Crippen LogP contribution in [0, 0.1) is 6.92 Å². The lowest BCUT2D eigenvalue weighted by Gasteiger charge is -2.23. The Bertz CT molecular complexity index is 865. The van der Waals surface area contributed by atoms with Crippen LogP contribution in [0.15, 0.2) is 34.4 Å². The average Bonchev–Trinajstić information content (AvgIpc) is 2.87. The summed E-state index contributed by atoms with van der Waals surface area (Å²) >= 11 is 5.29. The molecule has 3 aromatic rings. The number of nitrogens with zero attached hydrogens (tertiary/aromatic N) is 5. The van der Waals surface area contributed by atoms with E-state index in [1.165, 1.54) is 0 Å². The third kappa shape index (κ3) is 3.10. The molecule has 0 atom stereocenters. The van der Waals surface area contributed by atoms with Crippen LogP contribution in [0.5, 0.6) is 0 Å². The number of halogens is 1. The Morgan fingerprint density at radius 3 is 2.75 bits per heavy atom. The van der Waals surface area contributed by atoms with Gasteiger partial charge in [0.25, 0.3) is 0 Å². The molecule has 0 radical (unpaired) electrons. The standard InChI is InChI=1S/C17H18BrN5S/c1-12-10-24-17(21-12)23-6-2-5-22(7-8-23)16-14-9-13(18)3-4-15(14)19-11-20-16/h3-4,9-11H,2,5-8H2,1H3. The predicted molar refractivity (Wildman–Crippen MR) is 103 cm³/mol. The second-order valence-corrected chi connectivity index (χ2v) is 7.71. The molecule has 24 heavy (non-hydrogen) atoms. The molecule has 7 heteroatoms. The maximum atomic E-state index is 4.63. The summed E-state index contributed by atoms with van der Waals surface area (Å²) in [6.07, 6.45) is 2.76. The van der Waals surface area contributed by atoms with Gasteiger partial charge in [-0.1, -0.05) is 15.9 Å². The Kier molecular flexibility index (Phi) is 4.37. The molecule has 0 bridgehead atoms. The second-order valence-electron chi connectivity index (χ2n) is 5.96. The van der Waals surface area contributed by atoms with Crippen LogP contribution < -0.4 is 9.80 Å². The maximum Gasteiger partial charge on any atom is 0.185 e. The molecule has 0 amide bonds. The van der Waals surface area contributed by atoms with Crippen LogP contribution in [0.3, 0.4) is 0 Å². The van der Waals surface area contributed by atoms with Gasteiger partial charge in [-0.05, 0) is 31.5 Å². The van der Waals surface area contributed by atoms with E-state index in [1.807, 2.05) is 12.1 Å². The van der Waals surface area contributed by atoms with Crippen LogP contribution in [0.2, 0.25) is 0 Å². The fraction of sp³-hybridized carbons (Fsp3) is 0.353. The third-order valence-corrected chi connectivity index (χ3v) is 5.76. The van der Waals surface area contributed by atoms with Gasteiger partial charge >= 0.3 is 0 Å². The van der Waals surface area contributed by atoms with Gasteiger partial charge in [0.15, 0.2) is 5.13 Å². The second kappa shape index (κ2) is 6.64. The van der Waals surface area contributed by atoms with Crippen molar-refractivity contribution in [3.05, 3.63) is 40.1 Å². The Morgan fingerprint density at radius 1 is 1.08 bits per heavy atom. The van der Waals surface area contributed by atoms with Crippen molar-refractivity contribution in [2.45, 2.75) is 13.3 Å². The first-order chi connectivity index (χ1) is 11.7. The van der Waals surface area contributed by atoms with E-state index in [4.69, 9.17) is 0 Å². The minimum atomic E-state index is 0.942. The fourth-order valence-corrected chi connectivity index (χ4v) is 4.29. The summed E-state index contributed by atoms with van der Waals surface area (Å²) < 4.78 is 1.06. The van der Waals surface area contributed by atoms with Gasteiger partial charge in [0, 0.05) is 41.4 Å². The number of rotatable bonds is 2. The topological polar surface area (TPSA) is 45.2 Å². The van der Waals surface area contributed by atoms with Crippen LogP contribution in [0.4, 0.5) is 10.9 Å². The third-order valence-electron chi connectivity index (χ3n) is 4.25. The summed E-state index contributed by atoms with van der Waals surface area (Å²) in [6.45, 7) is 5.99. The molecule has 0 N–H and O–H groups in total. The van der Waals surface area contributed by atoms with Gasteiger partial charge in [-0.15, -0.1) is 11.3 Å². The zero-order valence-corrected chi connectivity index (χ0v) is 15.8. The lowest BCUT2D eigenvalue weighted by atomic mass is 10.2. The molecule has 1 saturated heterocycles. The van der Waals surface area contributed by atoms with E-state index >= 15 is 0 Å². The average molecular weight is 404 g/mol. The zero-order chi connectivity index (χ0) is 16.5. The van der Waals surface area contributed by atoms with E-state index in [-0.39, 0.29) is 0 Å². The molecule has 1 aliphatic heterocycles. The van der Waals surface area contributed by atoms with Gasteiger partial charge in [-0.2, -0.15) is 0 Å². The van der Waals surface area contributed by atoms with Crippen LogP contribution >= 0.6 is 27.3 Å². The van der Waals surface area contributed by atoms with E-state index in [2.05, 4.69) is 59.1 Å². The first-order valence-corrected chi connectivity index (χ1v) is 9.70. The smallest absolute Gasteiger partial charge is 0.185 e. The summed E-state index contributed by atoms with van der Waals surface area (Å²) in [7, 11) is 0. The van der Waals surface area contributed by atoms with Crippen molar-refractivity contribution >= 4 is 49.1 Å². The molecule has 0 aliphatic carbocycles. The van der Waals surface area contributed by atoms with E-state index in [9.17, 15) is 0 Å². The summed E-state index contributed by atoms with van der Waals surface area (Å²) in [4.78, 5) is 18.4. The monoisotopic (exact) mass is 403 g/mol. The summed E-state index contributed by atoms with van der Waals surface area (Å²) in [5.74, 6) is 1.03. The van der Waals surface area contributed by atoms with Gasteiger partial charge < -0.3 is 9.80 Å². The van der Waals surface area contributed by atoms with Crippen molar-refractivity contribution in [3.8, 4) is 0 Å².